The number of fused-ring (bicyclic) bond motifs is 2. The van der Waals surface area contributed by atoms with Gasteiger partial charge in [0.1, 0.15) is 0 Å². The van der Waals surface area contributed by atoms with Crippen LogP contribution in [-0.2, 0) is 14.3 Å². The minimum absolute atomic E-state index is 0.0403. The molecule has 0 unspecified atom stereocenters. The molecule has 17 heavy (non-hydrogen) atoms. The zero-order valence-electron chi connectivity index (χ0n) is 9.54. The van der Waals surface area contributed by atoms with Crippen LogP contribution in [0.4, 0.5) is 0 Å². The number of benzene rings is 1. The summed E-state index contributed by atoms with van der Waals surface area (Å²) >= 11 is 0.308. The number of methoxy groups -OCH3 is 1. The van der Waals surface area contributed by atoms with Crippen molar-refractivity contribution in [1.29, 1.82) is 0 Å². The van der Waals surface area contributed by atoms with Crippen LogP contribution in [0.1, 0.15) is 6.42 Å². The van der Waals surface area contributed by atoms with Gasteiger partial charge in [-0.1, -0.05) is 0 Å². The second kappa shape index (κ2) is 4.54. The van der Waals surface area contributed by atoms with Gasteiger partial charge in [-0.25, -0.2) is 0 Å². The number of carbonyl (C=O) groups is 1. The number of hydrogen-bond acceptors (Lipinski definition) is 3. The fourth-order valence-corrected chi connectivity index (χ4v) is 5.31. The van der Waals surface area contributed by atoms with Crippen molar-refractivity contribution in [2.45, 2.75) is 29.5 Å². The third kappa shape index (κ3) is 1.95. The summed E-state index contributed by atoms with van der Waals surface area (Å²) in [4.78, 5) is 12.0. The van der Waals surface area contributed by atoms with Gasteiger partial charge in [-0.05, 0) is 0 Å². The zero-order chi connectivity index (χ0) is 11.8. The molecule has 2 fully saturated rings. The summed E-state index contributed by atoms with van der Waals surface area (Å²) in [6.07, 6.45) is 0.309. The molecule has 4 atom stereocenters. The summed E-state index contributed by atoms with van der Waals surface area (Å²) in [6.45, 7) is 0. The molecular formula is C13H14O3Se. The van der Waals surface area contributed by atoms with Crippen molar-refractivity contribution in [2.24, 2.45) is 0 Å². The zero-order valence-corrected chi connectivity index (χ0v) is 11.2. The molecule has 3 nitrogen and oxygen atoms in total. The summed E-state index contributed by atoms with van der Waals surface area (Å²) in [5, 5.41) is 0. The van der Waals surface area contributed by atoms with Crippen LogP contribution < -0.4 is 4.46 Å². The van der Waals surface area contributed by atoms with Crippen LogP contribution in [0.3, 0.4) is 0 Å². The van der Waals surface area contributed by atoms with E-state index in [9.17, 15) is 4.79 Å². The van der Waals surface area contributed by atoms with Gasteiger partial charge in [0.05, 0.1) is 0 Å². The van der Waals surface area contributed by atoms with E-state index in [1.54, 1.807) is 7.11 Å². The van der Waals surface area contributed by atoms with Gasteiger partial charge in [0.2, 0.25) is 0 Å². The third-order valence-electron chi connectivity index (χ3n) is 3.32. The van der Waals surface area contributed by atoms with Crippen molar-refractivity contribution in [3.05, 3.63) is 30.3 Å². The van der Waals surface area contributed by atoms with Gasteiger partial charge in [0.25, 0.3) is 0 Å². The van der Waals surface area contributed by atoms with Gasteiger partial charge >= 0.3 is 106 Å². The SMILES string of the molecule is CO[C@@H]1[C@@H]([Se]c2ccccc2)[C@@H]2CC(=O)[C@H]1O2. The van der Waals surface area contributed by atoms with Gasteiger partial charge in [-0.15, -0.1) is 0 Å². The molecule has 0 spiro atoms. The van der Waals surface area contributed by atoms with Gasteiger partial charge in [0.15, 0.2) is 0 Å². The van der Waals surface area contributed by atoms with Crippen molar-refractivity contribution >= 4 is 25.2 Å². The Kier molecular flexibility index (Phi) is 3.05. The summed E-state index contributed by atoms with van der Waals surface area (Å²) in [7, 11) is 1.68. The Morgan fingerprint density at radius 3 is 2.82 bits per heavy atom. The van der Waals surface area contributed by atoms with E-state index in [1.807, 2.05) is 6.07 Å². The molecule has 0 aromatic heterocycles. The molecule has 3 rings (SSSR count). The Morgan fingerprint density at radius 2 is 2.12 bits per heavy atom. The topological polar surface area (TPSA) is 35.5 Å². The molecule has 90 valence electrons. The Labute approximate surface area is 107 Å². The molecule has 1 aromatic carbocycles. The van der Waals surface area contributed by atoms with Crippen LogP contribution in [0.15, 0.2) is 30.3 Å². The van der Waals surface area contributed by atoms with Gasteiger partial charge in [-0.2, -0.15) is 0 Å². The molecule has 0 radical (unpaired) electrons. The number of hydrogen-bond donors (Lipinski definition) is 0. The predicted octanol–water partition coefficient (Wildman–Crippen LogP) is 0.560. The van der Waals surface area contributed by atoms with E-state index in [-0.39, 0.29) is 24.1 Å². The Balaban J connectivity index is 1.78. The van der Waals surface area contributed by atoms with Crippen molar-refractivity contribution in [3.8, 4) is 0 Å². The molecule has 0 saturated carbocycles. The van der Waals surface area contributed by atoms with E-state index >= 15 is 0 Å². The van der Waals surface area contributed by atoms with Gasteiger partial charge < -0.3 is 0 Å². The van der Waals surface area contributed by atoms with Crippen molar-refractivity contribution in [3.63, 3.8) is 0 Å². The number of carbonyl (C=O) groups excluding carboxylic acids is 1. The Bertz CT molecular complexity index is 420. The number of ketones is 1. The molecule has 2 heterocycles. The first-order chi connectivity index (χ1) is 8.29. The van der Waals surface area contributed by atoms with Crippen LogP contribution in [-0.4, -0.2) is 46.2 Å². The fourth-order valence-electron chi connectivity index (χ4n) is 2.52. The first-order valence-electron chi connectivity index (χ1n) is 5.72. The number of Topliss-reactive ketones (excluding diaryl/α,β-unsaturated/α-hetero) is 1. The summed E-state index contributed by atoms with van der Waals surface area (Å²) in [5.41, 5.74) is 0. The third-order valence-corrected chi connectivity index (χ3v) is 6.23. The standard InChI is InChI=1S/C13H14O3Se/c1-15-12-11-9(14)7-10(16-11)13(12)17-8-5-3-2-4-6-8/h2-6,10-13H,7H2,1H3/t10-,11+,12-,13-/m0/s1. The number of ether oxygens (including phenoxy) is 2. The molecule has 0 N–H and O–H groups in total. The second-order valence-corrected chi connectivity index (χ2v) is 6.99. The van der Waals surface area contributed by atoms with E-state index < -0.39 is 0 Å². The first kappa shape index (κ1) is 11.4. The second-order valence-electron chi connectivity index (χ2n) is 4.36. The summed E-state index contributed by atoms with van der Waals surface area (Å²) < 4.78 is 12.5. The Morgan fingerprint density at radius 1 is 1.35 bits per heavy atom. The van der Waals surface area contributed by atoms with Crippen LogP contribution in [0.5, 0.6) is 0 Å². The maximum absolute atomic E-state index is 11.6. The average Bonchev–Trinajstić information content (AvgIpc) is 2.87. The van der Waals surface area contributed by atoms with Gasteiger partial charge in [-0.3, -0.25) is 0 Å². The van der Waals surface area contributed by atoms with Crippen LogP contribution in [0.25, 0.3) is 0 Å². The normalized spacial score (nSPS) is 35.5. The molecule has 2 aliphatic heterocycles. The predicted molar refractivity (Wildman–Crippen MR) is 64.7 cm³/mol. The van der Waals surface area contributed by atoms with E-state index in [1.165, 1.54) is 4.46 Å². The van der Waals surface area contributed by atoms with Gasteiger partial charge in [0, 0.05) is 0 Å². The molecule has 2 saturated heterocycles. The van der Waals surface area contributed by atoms with Crippen LogP contribution >= 0.6 is 0 Å². The fraction of sp³-hybridized carbons (Fsp3) is 0.462. The van der Waals surface area contributed by atoms with E-state index in [0.717, 1.165) is 0 Å². The van der Waals surface area contributed by atoms with Crippen LogP contribution in [0, 0.1) is 0 Å². The van der Waals surface area contributed by atoms with E-state index in [2.05, 4.69) is 24.3 Å². The molecule has 1 aromatic rings. The van der Waals surface area contributed by atoms with Crippen LogP contribution in [0.2, 0.25) is 4.82 Å². The Hall–Kier alpha value is -0.671. The first-order valence-corrected chi connectivity index (χ1v) is 7.57. The van der Waals surface area contributed by atoms with Crippen molar-refractivity contribution < 1.29 is 14.3 Å². The summed E-state index contributed by atoms with van der Waals surface area (Å²) in [6, 6.07) is 10.4. The minimum atomic E-state index is -0.305. The monoisotopic (exact) mass is 298 g/mol. The molecule has 0 aliphatic carbocycles. The quantitative estimate of drug-likeness (QED) is 0.765. The van der Waals surface area contributed by atoms with E-state index in [4.69, 9.17) is 9.47 Å². The van der Waals surface area contributed by atoms with Crippen molar-refractivity contribution in [1.82, 2.24) is 0 Å². The van der Waals surface area contributed by atoms with Crippen molar-refractivity contribution in [2.75, 3.05) is 7.11 Å². The molecule has 0 amide bonds. The average molecular weight is 297 g/mol. The molecular weight excluding hydrogens is 283 g/mol. The molecule has 4 heteroatoms. The molecule has 2 aliphatic rings. The van der Waals surface area contributed by atoms with E-state index in [0.29, 0.717) is 26.2 Å². The number of rotatable bonds is 3. The summed E-state index contributed by atoms with van der Waals surface area (Å²) in [5.74, 6) is 0.210. The molecule has 2 bridgehead atoms. The maximum atomic E-state index is 11.6.